The fraction of sp³-hybridized carbons (Fsp3) is 1.00. The van der Waals surface area contributed by atoms with Gasteiger partial charge in [0.25, 0.3) is 0 Å². The predicted molar refractivity (Wildman–Crippen MR) is 53.5 cm³/mol. The van der Waals surface area contributed by atoms with Gasteiger partial charge in [0.2, 0.25) is 0 Å². The molecule has 0 radical (unpaired) electrons. The molecule has 0 aromatic heterocycles. The van der Waals surface area contributed by atoms with Crippen molar-refractivity contribution in [2.75, 3.05) is 19.6 Å². The van der Waals surface area contributed by atoms with E-state index in [0.29, 0.717) is 0 Å². The van der Waals surface area contributed by atoms with Crippen LogP contribution in [0.4, 0.5) is 0 Å². The fourth-order valence-electron chi connectivity index (χ4n) is 2.25. The van der Waals surface area contributed by atoms with Crippen LogP contribution in [0, 0.1) is 5.92 Å². The molecule has 1 rings (SSSR count). The molecule has 1 nitrogen and oxygen atoms in total. The summed E-state index contributed by atoms with van der Waals surface area (Å²) in [6.45, 7) is 8.99. The highest BCUT2D eigenvalue weighted by molar-refractivity contribution is 4.55. The molecule has 0 spiro atoms. The van der Waals surface area contributed by atoms with E-state index in [1.807, 2.05) is 4.90 Å². The highest BCUT2D eigenvalue weighted by Crippen LogP contribution is 2.04. The second kappa shape index (κ2) is 7.64. The lowest BCUT2D eigenvalue weighted by atomic mass is 10.00. The molecule has 0 bridgehead atoms. The summed E-state index contributed by atoms with van der Waals surface area (Å²) in [5, 5.41) is 0. The molecule has 1 aliphatic heterocycles. The molecule has 0 aromatic rings. The first-order valence-corrected chi connectivity index (χ1v) is 5.66. The van der Waals surface area contributed by atoms with E-state index in [1.165, 1.54) is 51.7 Å². The summed E-state index contributed by atoms with van der Waals surface area (Å²) in [6, 6.07) is 0. The summed E-state index contributed by atoms with van der Waals surface area (Å²) >= 11 is 0. The van der Waals surface area contributed by atoms with E-state index in [0.717, 1.165) is 5.92 Å². The van der Waals surface area contributed by atoms with Gasteiger partial charge in [-0.2, -0.15) is 0 Å². The Morgan fingerprint density at radius 2 is 2.08 bits per heavy atom. The molecular formula is C11H24ClN. The van der Waals surface area contributed by atoms with Crippen LogP contribution in [0.2, 0.25) is 0 Å². The van der Waals surface area contributed by atoms with E-state index < -0.39 is 0 Å². The van der Waals surface area contributed by atoms with Gasteiger partial charge in [-0.05, 0) is 25.7 Å². The Morgan fingerprint density at radius 1 is 1.31 bits per heavy atom. The first-order valence-electron chi connectivity index (χ1n) is 5.66. The molecule has 1 heterocycles. The zero-order chi connectivity index (χ0) is 8.81. The molecule has 13 heavy (non-hydrogen) atoms. The van der Waals surface area contributed by atoms with Gasteiger partial charge in [-0.1, -0.05) is 20.3 Å². The topological polar surface area (TPSA) is 4.44 Å². The second-order valence-corrected chi connectivity index (χ2v) is 4.41. The molecule has 1 fully saturated rings. The average Bonchev–Trinajstić information content (AvgIpc) is 2.05. The van der Waals surface area contributed by atoms with Crippen LogP contribution in [-0.2, 0) is 0 Å². The zero-order valence-corrected chi connectivity index (χ0v) is 9.87. The minimum absolute atomic E-state index is 0. The van der Waals surface area contributed by atoms with Crippen LogP contribution in [0.3, 0.4) is 0 Å². The Hall–Kier alpha value is 0.250. The van der Waals surface area contributed by atoms with Gasteiger partial charge < -0.3 is 17.3 Å². The number of halogens is 1. The van der Waals surface area contributed by atoms with Crippen LogP contribution in [0.5, 0.6) is 0 Å². The van der Waals surface area contributed by atoms with Crippen molar-refractivity contribution in [1.29, 1.82) is 0 Å². The highest BCUT2D eigenvalue weighted by Gasteiger charge is 2.18. The lowest BCUT2D eigenvalue weighted by Gasteiger charge is -2.27. The summed E-state index contributed by atoms with van der Waals surface area (Å²) < 4.78 is 0. The Morgan fingerprint density at radius 3 is 2.69 bits per heavy atom. The number of hydrogen-bond acceptors (Lipinski definition) is 0. The largest absolute Gasteiger partial charge is 1.00 e. The van der Waals surface area contributed by atoms with Crippen LogP contribution in [0.25, 0.3) is 0 Å². The van der Waals surface area contributed by atoms with Crippen LogP contribution in [0.15, 0.2) is 0 Å². The molecule has 0 amide bonds. The van der Waals surface area contributed by atoms with Crippen LogP contribution in [-0.4, -0.2) is 19.6 Å². The lowest BCUT2D eigenvalue weighted by Crippen LogP contribution is -3.13. The molecule has 0 aliphatic carbocycles. The van der Waals surface area contributed by atoms with Gasteiger partial charge in [-0.15, -0.1) is 0 Å². The summed E-state index contributed by atoms with van der Waals surface area (Å²) in [5.74, 6) is 0.982. The van der Waals surface area contributed by atoms with E-state index in [-0.39, 0.29) is 12.4 Å². The molecule has 0 saturated carbocycles. The third kappa shape index (κ3) is 5.53. The van der Waals surface area contributed by atoms with Gasteiger partial charge in [0.05, 0.1) is 19.6 Å². The zero-order valence-electron chi connectivity index (χ0n) is 9.11. The third-order valence-corrected chi connectivity index (χ3v) is 3.00. The highest BCUT2D eigenvalue weighted by atomic mass is 35.5. The maximum Gasteiger partial charge on any atom is 0.0796 e. The lowest BCUT2D eigenvalue weighted by molar-refractivity contribution is -0.908. The molecular weight excluding hydrogens is 182 g/mol. The van der Waals surface area contributed by atoms with Crippen LogP contribution in [0.1, 0.15) is 46.0 Å². The van der Waals surface area contributed by atoms with Crippen molar-refractivity contribution in [3.8, 4) is 0 Å². The average molecular weight is 206 g/mol. The second-order valence-electron chi connectivity index (χ2n) is 4.41. The van der Waals surface area contributed by atoms with Gasteiger partial charge in [-0.3, -0.25) is 0 Å². The van der Waals surface area contributed by atoms with Gasteiger partial charge in [-0.25, -0.2) is 0 Å². The Labute approximate surface area is 89.3 Å². The molecule has 2 unspecified atom stereocenters. The Bertz CT molecular complexity index is 117. The molecule has 2 atom stereocenters. The van der Waals surface area contributed by atoms with Crippen LogP contribution < -0.4 is 17.3 Å². The number of quaternary nitrogens is 1. The Balaban J connectivity index is 0.00000144. The quantitative estimate of drug-likeness (QED) is 0.533. The number of rotatable bonds is 4. The van der Waals surface area contributed by atoms with Crippen molar-refractivity contribution < 1.29 is 17.3 Å². The minimum Gasteiger partial charge on any atom is -1.00 e. The van der Waals surface area contributed by atoms with E-state index >= 15 is 0 Å². The summed E-state index contributed by atoms with van der Waals surface area (Å²) in [5.41, 5.74) is 0. The van der Waals surface area contributed by atoms with Gasteiger partial charge >= 0.3 is 0 Å². The number of nitrogens with one attached hydrogen (secondary N) is 1. The molecule has 0 aromatic carbocycles. The van der Waals surface area contributed by atoms with E-state index in [9.17, 15) is 0 Å². The number of likely N-dealkylation sites (tertiary alicyclic amines) is 1. The Kier molecular flexibility index (Phi) is 7.78. The third-order valence-electron chi connectivity index (χ3n) is 3.00. The van der Waals surface area contributed by atoms with Crippen molar-refractivity contribution in [3.05, 3.63) is 0 Å². The van der Waals surface area contributed by atoms with Gasteiger partial charge in [0.1, 0.15) is 0 Å². The van der Waals surface area contributed by atoms with Crippen molar-refractivity contribution in [1.82, 2.24) is 0 Å². The SMILES string of the molecule is CCCCC[NH+]1CCCC(C)C1.[Cl-]. The fourth-order valence-corrected chi connectivity index (χ4v) is 2.25. The van der Waals surface area contributed by atoms with Crippen LogP contribution >= 0.6 is 0 Å². The molecule has 1 N–H and O–H groups in total. The van der Waals surface area contributed by atoms with Gasteiger partial charge in [0, 0.05) is 5.92 Å². The molecule has 1 saturated heterocycles. The van der Waals surface area contributed by atoms with Crippen molar-refractivity contribution in [3.63, 3.8) is 0 Å². The van der Waals surface area contributed by atoms with Crippen molar-refractivity contribution in [2.45, 2.75) is 46.0 Å². The maximum absolute atomic E-state index is 2.40. The minimum atomic E-state index is 0. The molecule has 80 valence electrons. The van der Waals surface area contributed by atoms with Crippen molar-refractivity contribution in [2.24, 2.45) is 5.92 Å². The first kappa shape index (κ1) is 13.2. The van der Waals surface area contributed by atoms with E-state index in [4.69, 9.17) is 0 Å². The van der Waals surface area contributed by atoms with Crippen molar-refractivity contribution >= 4 is 0 Å². The summed E-state index contributed by atoms with van der Waals surface area (Å²) in [7, 11) is 0. The van der Waals surface area contributed by atoms with E-state index in [2.05, 4.69) is 13.8 Å². The maximum atomic E-state index is 2.40. The number of unbranched alkanes of at least 4 members (excludes halogenated alkanes) is 2. The van der Waals surface area contributed by atoms with Gasteiger partial charge in [0.15, 0.2) is 0 Å². The van der Waals surface area contributed by atoms with E-state index in [1.54, 1.807) is 0 Å². The predicted octanol–water partition coefficient (Wildman–Crippen LogP) is -1.50. The summed E-state index contributed by atoms with van der Waals surface area (Å²) in [6.07, 6.45) is 7.17. The summed E-state index contributed by atoms with van der Waals surface area (Å²) in [4.78, 5) is 1.86. The normalized spacial score (nSPS) is 28.2. The monoisotopic (exact) mass is 205 g/mol. The molecule has 2 heteroatoms. The molecule has 1 aliphatic rings. The first-order chi connectivity index (χ1) is 5.83. The number of hydrogen-bond donors (Lipinski definition) is 1. The number of piperidine rings is 1. The smallest absolute Gasteiger partial charge is 0.0796 e. The standard InChI is InChI=1S/C11H23N.ClH/c1-3-4-5-8-12-9-6-7-11(2)10-12;/h11H,3-10H2,1-2H3;1H.